The summed E-state index contributed by atoms with van der Waals surface area (Å²) < 4.78 is 5.38. The van der Waals surface area contributed by atoms with Crippen molar-refractivity contribution in [2.24, 2.45) is 0 Å². The number of ether oxygens (including phenoxy) is 1. The van der Waals surface area contributed by atoms with Crippen LogP contribution in [0.15, 0.2) is 33.5 Å². The summed E-state index contributed by atoms with van der Waals surface area (Å²) in [7, 11) is 1.55. The van der Waals surface area contributed by atoms with E-state index in [9.17, 15) is 4.79 Å². The van der Waals surface area contributed by atoms with Crippen molar-refractivity contribution in [3.05, 3.63) is 49.8 Å². The Labute approximate surface area is 117 Å². The number of benzene rings is 1. The van der Waals surface area contributed by atoms with E-state index in [0.717, 1.165) is 0 Å². The summed E-state index contributed by atoms with van der Waals surface area (Å²) >= 11 is 9.26. The van der Waals surface area contributed by atoms with E-state index < -0.39 is 0 Å². The minimum Gasteiger partial charge on any atom is -0.378 e. The smallest absolute Gasteiger partial charge is 0.265 e. The molecule has 0 fully saturated rings. The summed E-state index contributed by atoms with van der Waals surface area (Å²) in [6, 6.07) is 7.19. The van der Waals surface area contributed by atoms with Crippen molar-refractivity contribution in [3.63, 3.8) is 0 Å². The minimum absolute atomic E-state index is 0.252. The Morgan fingerprint density at radius 1 is 1.44 bits per heavy atom. The number of halogens is 2. The second-order valence-corrected chi connectivity index (χ2v) is 4.79. The fraction of sp³-hybridized carbons (Fsp3) is 0.167. The van der Waals surface area contributed by atoms with E-state index in [4.69, 9.17) is 16.3 Å². The second kappa shape index (κ2) is 5.65. The lowest BCUT2D eigenvalue weighted by Crippen LogP contribution is -2.14. The Hall–Kier alpha value is -1.17. The zero-order chi connectivity index (χ0) is 13.1. The van der Waals surface area contributed by atoms with Crippen LogP contribution in [0.3, 0.4) is 0 Å². The molecule has 6 heteroatoms. The molecule has 2 rings (SSSR count). The van der Waals surface area contributed by atoms with Crippen molar-refractivity contribution in [1.29, 1.82) is 0 Å². The number of aromatic amines is 1. The van der Waals surface area contributed by atoms with Crippen molar-refractivity contribution in [2.75, 3.05) is 7.11 Å². The number of aromatic nitrogens is 2. The summed E-state index contributed by atoms with van der Waals surface area (Å²) in [5.41, 5.74) is 0.962. The third kappa shape index (κ3) is 2.63. The second-order valence-electron chi connectivity index (χ2n) is 3.59. The van der Waals surface area contributed by atoms with Crippen LogP contribution in [-0.4, -0.2) is 17.1 Å². The molecular weight excluding hydrogens is 320 g/mol. The van der Waals surface area contributed by atoms with Crippen LogP contribution in [0.2, 0.25) is 5.02 Å². The van der Waals surface area contributed by atoms with E-state index in [1.54, 1.807) is 19.2 Å². The number of nitrogens with zero attached hydrogens (tertiary/aromatic N) is 1. The van der Waals surface area contributed by atoms with Crippen molar-refractivity contribution in [3.8, 4) is 11.4 Å². The molecule has 94 valence electrons. The number of hydrogen-bond donors (Lipinski definition) is 1. The number of methoxy groups -OCH3 is 1. The Balaban J connectivity index is 2.59. The number of rotatable bonds is 3. The monoisotopic (exact) mass is 328 g/mol. The zero-order valence-corrected chi connectivity index (χ0v) is 11.9. The van der Waals surface area contributed by atoms with E-state index in [1.807, 2.05) is 12.1 Å². The van der Waals surface area contributed by atoms with E-state index in [-0.39, 0.29) is 12.2 Å². The molecule has 0 unspecified atom stereocenters. The van der Waals surface area contributed by atoms with Gasteiger partial charge in [-0.15, -0.1) is 0 Å². The lowest BCUT2D eigenvalue weighted by atomic mass is 10.2. The average molecular weight is 330 g/mol. The topological polar surface area (TPSA) is 55.0 Å². The Bertz CT molecular complexity index is 628. The highest BCUT2D eigenvalue weighted by molar-refractivity contribution is 9.10. The first-order valence-electron chi connectivity index (χ1n) is 5.16. The van der Waals surface area contributed by atoms with E-state index in [0.29, 0.717) is 26.6 Å². The van der Waals surface area contributed by atoms with E-state index in [1.165, 1.54) is 0 Å². The third-order valence-corrected chi connectivity index (χ3v) is 3.49. The van der Waals surface area contributed by atoms with Crippen LogP contribution in [0.4, 0.5) is 0 Å². The molecule has 0 saturated carbocycles. The molecule has 1 N–H and O–H groups in total. The molecule has 4 nitrogen and oxygen atoms in total. The third-order valence-electron chi connectivity index (χ3n) is 2.34. The van der Waals surface area contributed by atoms with Crippen LogP contribution in [0.25, 0.3) is 11.4 Å². The van der Waals surface area contributed by atoms with Gasteiger partial charge in [0.05, 0.1) is 17.3 Å². The van der Waals surface area contributed by atoms with Crippen LogP contribution >= 0.6 is 27.5 Å². The molecule has 0 aliphatic heterocycles. The fourth-order valence-electron chi connectivity index (χ4n) is 1.52. The quantitative estimate of drug-likeness (QED) is 0.942. The molecule has 0 atom stereocenters. The molecule has 1 aromatic heterocycles. The van der Waals surface area contributed by atoms with Crippen molar-refractivity contribution < 1.29 is 4.74 Å². The van der Waals surface area contributed by atoms with Crippen molar-refractivity contribution in [1.82, 2.24) is 9.97 Å². The van der Waals surface area contributed by atoms with E-state index >= 15 is 0 Å². The SMILES string of the molecule is COCc1nc(-c2ccccc2Cl)[nH]c(=O)c1Br. The highest BCUT2D eigenvalue weighted by Crippen LogP contribution is 2.24. The van der Waals surface area contributed by atoms with Crippen molar-refractivity contribution >= 4 is 27.5 Å². The molecule has 0 radical (unpaired) electrons. The molecule has 0 spiro atoms. The van der Waals surface area contributed by atoms with Crippen LogP contribution in [0, 0.1) is 0 Å². The summed E-state index contributed by atoms with van der Waals surface area (Å²) in [5, 5.41) is 0.534. The summed E-state index contributed by atoms with van der Waals surface area (Å²) in [4.78, 5) is 18.8. The van der Waals surface area contributed by atoms with Gasteiger partial charge in [-0.1, -0.05) is 23.7 Å². The molecule has 0 bridgehead atoms. The largest absolute Gasteiger partial charge is 0.378 e. The predicted octanol–water partition coefficient (Wildman–Crippen LogP) is 3.00. The Morgan fingerprint density at radius 2 is 2.17 bits per heavy atom. The molecule has 1 heterocycles. The molecule has 1 aromatic carbocycles. The predicted molar refractivity (Wildman–Crippen MR) is 73.7 cm³/mol. The first kappa shape index (κ1) is 13.3. The van der Waals surface area contributed by atoms with Gasteiger partial charge in [-0.3, -0.25) is 4.79 Å². The van der Waals surface area contributed by atoms with Gasteiger partial charge in [-0.2, -0.15) is 0 Å². The lowest BCUT2D eigenvalue weighted by Gasteiger charge is -2.07. The van der Waals surface area contributed by atoms with Gasteiger partial charge < -0.3 is 9.72 Å². The van der Waals surface area contributed by atoms with E-state index in [2.05, 4.69) is 25.9 Å². The molecule has 0 aliphatic carbocycles. The van der Waals surface area contributed by atoms with Gasteiger partial charge in [0, 0.05) is 12.7 Å². The average Bonchev–Trinajstić information content (AvgIpc) is 2.35. The standard InChI is InChI=1S/C12H10BrClN2O2/c1-18-6-9-10(13)12(17)16-11(15-9)7-4-2-3-5-8(7)14/h2-5H,6H2,1H3,(H,15,16,17). The first-order chi connectivity index (χ1) is 8.63. The minimum atomic E-state index is -0.257. The van der Waals surface area contributed by atoms with Gasteiger partial charge in [0.2, 0.25) is 0 Å². The molecule has 18 heavy (non-hydrogen) atoms. The highest BCUT2D eigenvalue weighted by atomic mass is 79.9. The van der Waals surface area contributed by atoms with Gasteiger partial charge >= 0.3 is 0 Å². The molecular formula is C12H10BrClN2O2. The van der Waals surface area contributed by atoms with Gasteiger partial charge in [-0.05, 0) is 28.1 Å². The Morgan fingerprint density at radius 3 is 2.83 bits per heavy atom. The zero-order valence-electron chi connectivity index (χ0n) is 9.54. The maximum Gasteiger partial charge on any atom is 0.265 e. The van der Waals surface area contributed by atoms with Gasteiger partial charge in [-0.25, -0.2) is 4.98 Å². The number of H-pyrrole nitrogens is 1. The summed E-state index contributed by atoms with van der Waals surface area (Å²) in [6.07, 6.45) is 0. The fourth-order valence-corrected chi connectivity index (χ4v) is 2.05. The normalized spacial score (nSPS) is 10.6. The summed E-state index contributed by atoms with van der Waals surface area (Å²) in [5.74, 6) is 0.431. The van der Waals surface area contributed by atoms with Gasteiger partial charge in [0.15, 0.2) is 0 Å². The van der Waals surface area contributed by atoms with Crippen LogP contribution in [0.1, 0.15) is 5.69 Å². The highest BCUT2D eigenvalue weighted by Gasteiger charge is 2.11. The molecule has 0 saturated heterocycles. The van der Waals surface area contributed by atoms with Gasteiger partial charge in [0.1, 0.15) is 10.3 Å². The van der Waals surface area contributed by atoms with Crippen molar-refractivity contribution in [2.45, 2.75) is 6.61 Å². The van der Waals surface area contributed by atoms with Gasteiger partial charge in [0.25, 0.3) is 5.56 Å². The number of nitrogens with one attached hydrogen (secondary N) is 1. The Kier molecular flexibility index (Phi) is 4.16. The van der Waals surface area contributed by atoms with Crippen LogP contribution in [0.5, 0.6) is 0 Å². The maximum atomic E-state index is 11.8. The summed E-state index contributed by atoms with van der Waals surface area (Å²) in [6.45, 7) is 0.252. The first-order valence-corrected chi connectivity index (χ1v) is 6.33. The maximum absolute atomic E-state index is 11.8. The molecule has 2 aromatic rings. The lowest BCUT2D eigenvalue weighted by molar-refractivity contribution is 0.180. The molecule has 0 amide bonds. The van der Waals surface area contributed by atoms with Crippen LogP contribution < -0.4 is 5.56 Å². The molecule has 0 aliphatic rings. The number of hydrogen-bond acceptors (Lipinski definition) is 3. The van der Waals surface area contributed by atoms with Crippen LogP contribution in [-0.2, 0) is 11.3 Å².